The lowest BCUT2D eigenvalue weighted by Gasteiger charge is -2.10. The van der Waals surface area contributed by atoms with Crippen molar-refractivity contribution in [2.45, 2.75) is 32.7 Å². The van der Waals surface area contributed by atoms with E-state index in [9.17, 15) is 4.79 Å². The van der Waals surface area contributed by atoms with Crippen molar-refractivity contribution in [2.75, 3.05) is 6.61 Å². The van der Waals surface area contributed by atoms with Gasteiger partial charge < -0.3 is 9.30 Å². The van der Waals surface area contributed by atoms with E-state index in [0.717, 1.165) is 29.9 Å². The third-order valence-corrected chi connectivity index (χ3v) is 4.11. The molecule has 2 aromatic rings. The summed E-state index contributed by atoms with van der Waals surface area (Å²) in [7, 11) is 0. The second-order valence-electron chi connectivity index (χ2n) is 5.66. The van der Waals surface area contributed by atoms with Crippen LogP contribution in [0.25, 0.3) is 17.5 Å². The highest BCUT2D eigenvalue weighted by atomic mass is 35.5. The Balaban J connectivity index is 2.03. The molecular weight excluding hydrogens is 349 g/mol. The molecule has 7 heteroatoms. The zero-order valence-corrected chi connectivity index (χ0v) is 14.9. The van der Waals surface area contributed by atoms with Crippen LogP contribution in [0, 0.1) is 0 Å². The summed E-state index contributed by atoms with van der Waals surface area (Å²) in [4.78, 5) is 20.3. The molecule has 1 aliphatic carbocycles. The monoisotopic (exact) mass is 365 g/mol. The quantitative estimate of drug-likeness (QED) is 0.442. The molecular formula is C17H17Cl2N3O2. The Kier molecular flexibility index (Phi) is 4.92. The van der Waals surface area contributed by atoms with Crippen LogP contribution in [-0.4, -0.2) is 27.1 Å². The largest absolute Gasteiger partial charge is 0.463 e. The predicted octanol–water partition coefficient (Wildman–Crippen LogP) is 4.55. The summed E-state index contributed by atoms with van der Waals surface area (Å²) >= 11 is 12.0. The summed E-state index contributed by atoms with van der Waals surface area (Å²) in [6.07, 6.45) is 5.71. The first kappa shape index (κ1) is 17.0. The molecule has 0 radical (unpaired) electrons. The number of halogens is 2. The third kappa shape index (κ3) is 3.62. The van der Waals surface area contributed by atoms with Gasteiger partial charge in [-0.2, -0.15) is 0 Å². The maximum atomic E-state index is 11.8. The van der Waals surface area contributed by atoms with Gasteiger partial charge in [-0.05, 0) is 44.9 Å². The van der Waals surface area contributed by atoms with E-state index < -0.39 is 0 Å². The van der Waals surface area contributed by atoms with Gasteiger partial charge in [-0.1, -0.05) is 23.2 Å². The van der Waals surface area contributed by atoms with Gasteiger partial charge in [-0.15, -0.1) is 0 Å². The topological polar surface area (TPSA) is 57.0 Å². The summed E-state index contributed by atoms with van der Waals surface area (Å²) < 4.78 is 7.15. The molecule has 126 valence electrons. The Bertz CT molecular complexity index is 790. The standard InChI is InChI=1S/C17H17Cl2N3O2/c1-3-24-17(23)10(2)6-13-9-20-16(22(13)12-4-5-12)11-7-14(18)21-15(19)8-11/h6-9,12H,3-5H2,1-2H3/b10-6+. The van der Waals surface area contributed by atoms with Crippen molar-refractivity contribution in [1.29, 1.82) is 0 Å². The van der Waals surface area contributed by atoms with Crippen molar-refractivity contribution < 1.29 is 9.53 Å². The Labute approximate surface area is 150 Å². The van der Waals surface area contributed by atoms with Crippen molar-refractivity contribution in [3.05, 3.63) is 39.9 Å². The minimum Gasteiger partial charge on any atom is -0.463 e. The van der Waals surface area contributed by atoms with Gasteiger partial charge in [-0.25, -0.2) is 14.8 Å². The number of nitrogens with zero attached hydrogens (tertiary/aromatic N) is 3. The normalized spacial score (nSPS) is 14.8. The van der Waals surface area contributed by atoms with Crippen molar-refractivity contribution >= 4 is 35.2 Å². The number of aromatic nitrogens is 3. The van der Waals surface area contributed by atoms with Gasteiger partial charge in [0.25, 0.3) is 0 Å². The van der Waals surface area contributed by atoms with Crippen LogP contribution in [-0.2, 0) is 9.53 Å². The summed E-state index contributed by atoms with van der Waals surface area (Å²) in [5.74, 6) is 0.448. The minimum atomic E-state index is -0.322. The number of rotatable bonds is 5. The highest BCUT2D eigenvalue weighted by molar-refractivity contribution is 6.32. The van der Waals surface area contributed by atoms with Crippen LogP contribution in [0.1, 0.15) is 38.4 Å². The fourth-order valence-electron chi connectivity index (χ4n) is 2.53. The summed E-state index contributed by atoms with van der Waals surface area (Å²) in [6, 6.07) is 3.84. The zero-order valence-electron chi connectivity index (χ0n) is 13.4. The smallest absolute Gasteiger partial charge is 0.333 e. The molecule has 0 amide bonds. The molecule has 5 nitrogen and oxygen atoms in total. The van der Waals surface area contributed by atoms with E-state index in [1.54, 1.807) is 38.3 Å². The van der Waals surface area contributed by atoms with Crippen LogP contribution in [0.2, 0.25) is 10.3 Å². The lowest BCUT2D eigenvalue weighted by molar-refractivity contribution is -0.138. The SMILES string of the molecule is CCOC(=O)/C(C)=C/c1cnc(-c2cc(Cl)nc(Cl)c2)n1C1CC1. The third-order valence-electron chi connectivity index (χ3n) is 3.72. The second-order valence-corrected chi connectivity index (χ2v) is 6.43. The molecule has 2 aromatic heterocycles. The van der Waals surface area contributed by atoms with E-state index in [0.29, 0.717) is 28.5 Å². The average molecular weight is 366 g/mol. The Morgan fingerprint density at radius 3 is 2.62 bits per heavy atom. The minimum absolute atomic E-state index is 0.322. The molecule has 0 bridgehead atoms. The fourth-order valence-corrected chi connectivity index (χ4v) is 2.99. The van der Waals surface area contributed by atoms with E-state index in [2.05, 4.69) is 14.5 Å². The summed E-state index contributed by atoms with van der Waals surface area (Å²) in [6.45, 7) is 3.88. The molecule has 0 atom stereocenters. The molecule has 0 unspecified atom stereocenters. The average Bonchev–Trinajstić information content (AvgIpc) is 3.27. The number of hydrogen-bond donors (Lipinski definition) is 0. The number of pyridine rings is 1. The van der Waals surface area contributed by atoms with Crippen molar-refractivity contribution in [2.24, 2.45) is 0 Å². The van der Waals surface area contributed by atoms with Crippen LogP contribution in [0.5, 0.6) is 0 Å². The highest BCUT2D eigenvalue weighted by Gasteiger charge is 2.29. The lowest BCUT2D eigenvalue weighted by Crippen LogP contribution is -2.06. The number of ether oxygens (including phenoxy) is 1. The van der Waals surface area contributed by atoms with E-state index in [-0.39, 0.29) is 5.97 Å². The highest BCUT2D eigenvalue weighted by Crippen LogP contribution is 2.40. The second kappa shape index (κ2) is 6.95. The van der Waals surface area contributed by atoms with E-state index in [1.165, 1.54) is 0 Å². The van der Waals surface area contributed by atoms with E-state index in [4.69, 9.17) is 27.9 Å². The molecule has 0 aliphatic heterocycles. The van der Waals surface area contributed by atoms with E-state index in [1.807, 2.05) is 0 Å². The van der Waals surface area contributed by atoms with Crippen molar-refractivity contribution in [3.63, 3.8) is 0 Å². The molecule has 1 saturated carbocycles. The van der Waals surface area contributed by atoms with Crippen LogP contribution >= 0.6 is 23.2 Å². The van der Waals surface area contributed by atoms with Gasteiger partial charge in [0, 0.05) is 17.2 Å². The molecule has 0 saturated heterocycles. The van der Waals surface area contributed by atoms with Gasteiger partial charge in [0.2, 0.25) is 0 Å². The number of carbonyl (C=O) groups is 1. The van der Waals surface area contributed by atoms with E-state index >= 15 is 0 Å². The molecule has 1 fully saturated rings. The summed E-state index contributed by atoms with van der Waals surface area (Å²) in [5.41, 5.74) is 2.21. The molecule has 0 aromatic carbocycles. The van der Waals surface area contributed by atoms with Gasteiger partial charge in [0.1, 0.15) is 16.1 Å². The van der Waals surface area contributed by atoms with Gasteiger partial charge >= 0.3 is 5.97 Å². The Morgan fingerprint density at radius 1 is 1.38 bits per heavy atom. The van der Waals surface area contributed by atoms with Crippen LogP contribution in [0.4, 0.5) is 0 Å². The van der Waals surface area contributed by atoms with Gasteiger partial charge in [0.15, 0.2) is 0 Å². The molecule has 1 aliphatic rings. The number of carbonyl (C=O) groups excluding carboxylic acids is 1. The molecule has 0 N–H and O–H groups in total. The molecule has 3 rings (SSSR count). The molecule has 0 spiro atoms. The lowest BCUT2D eigenvalue weighted by atomic mass is 10.2. The van der Waals surface area contributed by atoms with Gasteiger partial charge in [-0.3, -0.25) is 0 Å². The maximum Gasteiger partial charge on any atom is 0.333 e. The van der Waals surface area contributed by atoms with Crippen molar-refractivity contribution in [1.82, 2.24) is 14.5 Å². The Hall–Kier alpha value is -1.85. The van der Waals surface area contributed by atoms with Gasteiger partial charge in [0.05, 0.1) is 18.5 Å². The number of hydrogen-bond acceptors (Lipinski definition) is 4. The zero-order chi connectivity index (χ0) is 17.3. The number of esters is 1. The number of imidazole rings is 1. The fraction of sp³-hybridized carbons (Fsp3) is 0.353. The maximum absolute atomic E-state index is 11.8. The predicted molar refractivity (Wildman–Crippen MR) is 94.0 cm³/mol. The first-order valence-corrected chi connectivity index (χ1v) is 8.51. The van der Waals surface area contributed by atoms with Crippen LogP contribution < -0.4 is 0 Å². The molecule has 2 heterocycles. The van der Waals surface area contributed by atoms with Crippen molar-refractivity contribution in [3.8, 4) is 11.4 Å². The first-order valence-electron chi connectivity index (χ1n) is 7.75. The van der Waals surface area contributed by atoms with Crippen LogP contribution in [0.3, 0.4) is 0 Å². The first-order chi connectivity index (χ1) is 11.5. The molecule has 24 heavy (non-hydrogen) atoms. The van der Waals surface area contributed by atoms with Crippen LogP contribution in [0.15, 0.2) is 23.9 Å². The Morgan fingerprint density at radius 2 is 2.04 bits per heavy atom. The summed E-state index contributed by atoms with van der Waals surface area (Å²) in [5, 5.41) is 0.644.